The molecule has 3 fully saturated rings. The lowest BCUT2D eigenvalue weighted by molar-refractivity contribution is -0.143. The van der Waals surface area contributed by atoms with Gasteiger partial charge in [-0.15, -0.1) is 0 Å². The summed E-state index contributed by atoms with van der Waals surface area (Å²) in [5.74, 6) is 1.10. The van der Waals surface area contributed by atoms with Gasteiger partial charge in [0.15, 0.2) is 0 Å². The molecular weight excluding hydrogens is 442 g/mol. The average Bonchev–Trinajstić information content (AvgIpc) is 3.55. The first-order valence-electron chi connectivity index (χ1n) is 13.6. The quantitative estimate of drug-likeness (QED) is 0.397. The van der Waals surface area contributed by atoms with Crippen molar-refractivity contribution in [3.05, 3.63) is 40.4 Å². The highest BCUT2D eigenvalue weighted by molar-refractivity contribution is 6.06. The van der Waals surface area contributed by atoms with E-state index in [-0.39, 0.29) is 48.3 Å². The monoisotopic (exact) mass is 481 g/mol. The van der Waals surface area contributed by atoms with Crippen LogP contribution in [-0.4, -0.2) is 40.6 Å². The van der Waals surface area contributed by atoms with Crippen molar-refractivity contribution in [2.75, 3.05) is 6.61 Å². The molecule has 5 rings (SSSR count). The van der Waals surface area contributed by atoms with Gasteiger partial charge in [-0.25, -0.2) is 0 Å². The standard InChI is InChI=1S/C29H39NO5/c1-3-7-19-15-23-27(29(33)30(28(23)32)20-8-5-4-6-9-20)24-17-34-25(26(19)24)13-10-18(2)14-21-11-12-22(16-31)35-21/h11-12,14,20,23-25,27,31H,3-10,13,15-17H2,1-2H3/b18-14+/t23-,24+,25-,27-/m1/s1. The number of hydrogen-bond acceptors (Lipinski definition) is 5. The summed E-state index contributed by atoms with van der Waals surface area (Å²) in [6.45, 7) is 4.73. The van der Waals surface area contributed by atoms with Crippen LogP contribution in [0.5, 0.6) is 0 Å². The third kappa shape index (κ3) is 4.67. The first-order chi connectivity index (χ1) is 17.0. The van der Waals surface area contributed by atoms with Crippen LogP contribution in [0.1, 0.15) is 89.6 Å². The summed E-state index contributed by atoms with van der Waals surface area (Å²) < 4.78 is 11.9. The number of amides is 2. The number of likely N-dealkylation sites (tertiary alicyclic amines) is 1. The fourth-order valence-corrected chi connectivity index (χ4v) is 6.97. The molecule has 2 amide bonds. The summed E-state index contributed by atoms with van der Waals surface area (Å²) in [4.78, 5) is 28.8. The first kappa shape index (κ1) is 24.5. The Morgan fingerprint density at radius 2 is 1.94 bits per heavy atom. The van der Waals surface area contributed by atoms with Gasteiger partial charge in [0.25, 0.3) is 0 Å². The van der Waals surface area contributed by atoms with Gasteiger partial charge in [0.2, 0.25) is 11.8 Å². The van der Waals surface area contributed by atoms with Crippen LogP contribution in [0.3, 0.4) is 0 Å². The molecule has 0 spiro atoms. The molecular formula is C29H39NO5. The van der Waals surface area contributed by atoms with E-state index in [4.69, 9.17) is 9.15 Å². The molecule has 3 heterocycles. The number of nitrogens with zero attached hydrogens (tertiary/aromatic N) is 1. The number of imide groups is 1. The summed E-state index contributed by atoms with van der Waals surface area (Å²) in [6.07, 6.45) is 11.9. The van der Waals surface area contributed by atoms with Crippen LogP contribution in [0.15, 0.2) is 33.3 Å². The first-order valence-corrected chi connectivity index (χ1v) is 13.6. The van der Waals surface area contributed by atoms with Crippen LogP contribution >= 0.6 is 0 Å². The summed E-state index contributed by atoms with van der Waals surface area (Å²) in [5, 5.41) is 9.22. The minimum atomic E-state index is -0.235. The van der Waals surface area contributed by atoms with Crippen LogP contribution < -0.4 is 0 Å². The van der Waals surface area contributed by atoms with Gasteiger partial charge in [-0.05, 0) is 69.2 Å². The van der Waals surface area contributed by atoms with E-state index in [0.717, 1.165) is 63.5 Å². The Hall–Kier alpha value is -2.18. The molecule has 2 aliphatic carbocycles. The zero-order valence-electron chi connectivity index (χ0n) is 21.1. The number of ether oxygens (including phenoxy) is 1. The van der Waals surface area contributed by atoms with Crippen molar-refractivity contribution < 1.29 is 23.8 Å². The second-order valence-electron chi connectivity index (χ2n) is 10.9. The maximum Gasteiger partial charge on any atom is 0.234 e. The maximum atomic E-state index is 13.6. The lowest BCUT2D eigenvalue weighted by Gasteiger charge is -2.32. The lowest BCUT2D eigenvalue weighted by atomic mass is 9.68. The predicted molar refractivity (Wildman–Crippen MR) is 133 cm³/mol. The van der Waals surface area contributed by atoms with E-state index in [9.17, 15) is 14.7 Å². The van der Waals surface area contributed by atoms with Crippen LogP contribution in [-0.2, 0) is 20.9 Å². The molecule has 4 atom stereocenters. The normalized spacial score (nSPS) is 29.8. The largest absolute Gasteiger partial charge is 0.459 e. The number of fused-ring (bicyclic) bond motifs is 3. The smallest absolute Gasteiger partial charge is 0.234 e. The molecule has 2 saturated heterocycles. The van der Waals surface area contributed by atoms with Gasteiger partial charge in [-0.1, -0.05) is 43.8 Å². The molecule has 4 aliphatic rings. The number of aliphatic hydroxyl groups is 1. The molecule has 2 aliphatic heterocycles. The van der Waals surface area contributed by atoms with Gasteiger partial charge < -0.3 is 14.3 Å². The number of aliphatic hydroxyl groups excluding tert-OH is 1. The molecule has 6 nitrogen and oxygen atoms in total. The SMILES string of the molecule is CCCC1=C2[C@@H](CC/C(C)=C/c3ccc(CO)o3)OC[C@@H]2[C@@H]2C(=O)N(C3CCCCC3)C(=O)[C@@H]2C1. The number of allylic oxidation sites excluding steroid dienone is 2. The van der Waals surface area contributed by atoms with Crippen LogP contribution in [0.2, 0.25) is 0 Å². The van der Waals surface area contributed by atoms with E-state index in [1.54, 1.807) is 11.0 Å². The van der Waals surface area contributed by atoms with E-state index in [2.05, 4.69) is 13.8 Å². The fraction of sp³-hybridized carbons (Fsp3) is 0.655. The van der Waals surface area contributed by atoms with Crippen molar-refractivity contribution in [2.24, 2.45) is 17.8 Å². The van der Waals surface area contributed by atoms with E-state index in [1.807, 2.05) is 12.1 Å². The Morgan fingerprint density at radius 1 is 1.14 bits per heavy atom. The topological polar surface area (TPSA) is 80.0 Å². The Kier molecular flexibility index (Phi) is 7.31. The average molecular weight is 482 g/mol. The number of carbonyl (C=O) groups excluding carboxylic acids is 2. The van der Waals surface area contributed by atoms with Gasteiger partial charge in [-0.2, -0.15) is 0 Å². The molecule has 35 heavy (non-hydrogen) atoms. The van der Waals surface area contributed by atoms with Crippen LogP contribution in [0, 0.1) is 17.8 Å². The minimum Gasteiger partial charge on any atom is -0.459 e. The summed E-state index contributed by atoms with van der Waals surface area (Å²) >= 11 is 0. The van der Waals surface area contributed by atoms with Crippen LogP contribution in [0.25, 0.3) is 6.08 Å². The molecule has 1 saturated carbocycles. The Morgan fingerprint density at radius 3 is 2.66 bits per heavy atom. The van der Waals surface area contributed by atoms with Crippen molar-refractivity contribution in [2.45, 2.75) is 96.8 Å². The van der Waals surface area contributed by atoms with E-state index in [0.29, 0.717) is 12.4 Å². The van der Waals surface area contributed by atoms with Crippen molar-refractivity contribution in [3.63, 3.8) is 0 Å². The molecule has 1 aromatic heterocycles. The molecule has 0 unspecified atom stereocenters. The molecule has 1 N–H and O–H groups in total. The highest BCUT2D eigenvalue weighted by Gasteiger charge is 2.57. The number of rotatable bonds is 8. The van der Waals surface area contributed by atoms with Gasteiger partial charge in [0, 0.05) is 12.0 Å². The van der Waals surface area contributed by atoms with E-state index in [1.165, 1.54) is 23.1 Å². The van der Waals surface area contributed by atoms with Gasteiger partial charge in [0.05, 0.1) is 24.5 Å². The zero-order chi connectivity index (χ0) is 24.5. The Bertz CT molecular complexity index is 1010. The van der Waals surface area contributed by atoms with E-state index >= 15 is 0 Å². The molecule has 0 aromatic carbocycles. The molecule has 1 aromatic rings. The lowest BCUT2D eigenvalue weighted by Crippen LogP contribution is -2.42. The molecule has 0 bridgehead atoms. The molecule has 6 heteroatoms. The predicted octanol–water partition coefficient (Wildman–Crippen LogP) is 5.40. The summed E-state index contributed by atoms with van der Waals surface area (Å²) in [5.41, 5.74) is 3.89. The minimum absolute atomic E-state index is 0.0158. The second-order valence-corrected chi connectivity index (χ2v) is 10.9. The number of hydrogen-bond donors (Lipinski definition) is 1. The van der Waals surface area contributed by atoms with Crippen molar-refractivity contribution >= 4 is 17.9 Å². The number of furan rings is 1. The number of carbonyl (C=O) groups is 2. The summed E-state index contributed by atoms with van der Waals surface area (Å²) in [6, 6.07) is 3.77. The molecule has 0 radical (unpaired) electrons. The Balaban J connectivity index is 1.33. The molecule has 190 valence electrons. The Labute approximate surface area is 208 Å². The highest BCUT2D eigenvalue weighted by Crippen LogP contribution is 2.51. The van der Waals surface area contributed by atoms with Gasteiger partial charge in [0.1, 0.15) is 18.1 Å². The fourth-order valence-electron chi connectivity index (χ4n) is 6.97. The second kappa shape index (κ2) is 10.4. The maximum absolute atomic E-state index is 13.6. The van der Waals surface area contributed by atoms with Crippen LogP contribution in [0.4, 0.5) is 0 Å². The van der Waals surface area contributed by atoms with Crippen molar-refractivity contribution in [1.29, 1.82) is 0 Å². The summed E-state index contributed by atoms with van der Waals surface area (Å²) in [7, 11) is 0. The van der Waals surface area contributed by atoms with Crippen molar-refractivity contribution in [3.8, 4) is 0 Å². The van der Waals surface area contributed by atoms with Crippen molar-refractivity contribution in [1.82, 2.24) is 4.90 Å². The zero-order valence-corrected chi connectivity index (χ0v) is 21.1. The highest BCUT2D eigenvalue weighted by atomic mass is 16.5. The van der Waals surface area contributed by atoms with Gasteiger partial charge >= 0.3 is 0 Å². The van der Waals surface area contributed by atoms with E-state index < -0.39 is 0 Å². The third-order valence-corrected chi connectivity index (χ3v) is 8.56. The third-order valence-electron chi connectivity index (χ3n) is 8.56. The van der Waals surface area contributed by atoms with Gasteiger partial charge in [-0.3, -0.25) is 14.5 Å².